The van der Waals surface area contributed by atoms with Crippen molar-refractivity contribution in [3.05, 3.63) is 35.7 Å². The lowest BCUT2D eigenvalue weighted by Gasteiger charge is -2.35. The topological polar surface area (TPSA) is 95.1 Å². The van der Waals surface area contributed by atoms with Crippen molar-refractivity contribution in [3.63, 3.8) is 0 Å². The van der Waals surface area contributed by atoms with Gasteiger partial charge in [0.2, 0.25) is 0 Å². The van der Waals surface area contributed by atoms with Gasteiger partial charge in [0.15, 0.2) is 0 Å². The monoisotopic (exact) mass is 407 g/mol. The summed E-state index contributed by atoms with van der Waals surface area (Å²) in [5, 5.41) is 9.66. The van der Waals surface area contributed by atoms with Crippen molar-refractivity contribution >= 4 is 12.0 Å². The van der Waals surface area contributed by atoms with Gasteiger partial charge in [-0.1, -0.05) is 6.08 Å². The number of nitrogens with zero attached hydrogens (tertiary/aromatic N) is 2. The summed E-state index contributed by atoms with van der Waals surface area (Å²) in [6, 6.07) is -0.516. The average molecular weight is 408 g/mol. The van der Waals surface area contributed by atoms with Crippen LogP contribution in [-0.4, -0.2) is 76.4 Å². The fraction of sp³-hybridized carbons (Fsp3) is 0.619. The van der Waals surface area contributed by atoms with Crippen molar-refractivity contribution in [1.29, 1.82) is 0 Å². The zero-order chi connectivity index (χ0) is 21.8. The van der Waals surface area contributed by atoms with Crippen molar-refractivity contribution in [2.75, 3.05) is 26.9 Å². The van der Waals surface area contributed by atoms with Crippen molar-refractivity contribution in [3.8, 4) is 0 Å². The molecule has 2 heterocycles. The van der Waals surface area contributed by atoms with E-state index in [1.165, 1.54) is 4.90 Å². The van der Waals surface area contributed by atoms with E-state index in [0.717, 1.165) is 11.1 Å². The molecule has 8 nitrogen and oxygen atoms in total. The fourth-order valence-electron chi connectivity index (χ4n) is 3.28. The number of fused-ring (bicyclic) bond motifs is 1. The van der Waals surface area contributed by atoms with E-state index in [1.54, 1.807) is 18.0 Å². The summed E-state index contributed by atoms with van der Waals surface area (Å²) >= 11 is 0. The Morgan fingerprint density at radius 2 is 2.17 bits per heavy atom. The Hall–Kier alpha value is -2.32. The molecule has 2 N–H and O–H groups in total. The number of aliphatic hydroxyl groups is 1. The Kier molecular flexibility index (Phi) is 7.48. The first-order valence-corrected chi connectivity index (χ1v) is 9.84. The van der Waals surface area contributed by atoms with E-state index in [-0.39, 0.29) is 25.2 Å². The van der Waals surface area contributed by atoms with Crippen LogP contribution < -0.4 is 0 Å². The normalized spacial score (nSPS) is 17.4. The maximum Gasteiger partial charge on any atom is 0.410 e. The molecule has 0 bridgehead atoms. The third kappa shape index (κ3) is 5.61. The van der Waals surface area contributed by atoms with Gasteiger partial charge in [0, 0.05) is 24.8 Å². The SMILES string of the molecule is C=CCOC[C@H](CO)N(C)C(=O)c1[nH]cc2c1CN(C(=O)OC(C)(C)C)[C@H](C)C2. The summed E-state index contributed by atoms with van der Waals surface area (Å²) in [7, 11) is 1.63. The fourth-order valence-corrected chi connectivity index (χ4v) is 3.28. The quantitative estimate of drug-likeness (QED) is 0.534. The summed E-state index contributed by atoms with van der Waals surface area (Å²) in [6.45, 7) is 11.7. The van der Waals surface area contributed by atoms with E-state index < -0.39 is 17.7 Å². The number of amides is 2. The van der Waals surface area contributed by atoms with Gasteiger partial charge in [-0.25, -0.2) is 4.79 Å². The highest BCUT2D eigenvalue weighted by atomic mass is 16.6. The Balaban J connectivity index is 2.18. The second-order valence-corrected chi connectivity index (χ2v) is 8.41. The molecule has 2 rings (SSSR count). The maximum atomic E-state index is 13.1. The van der Waals surface area contributed by atoms with E-state index in [9.17, 15) is 14.7 Å². The van der Waals surface area contributed by atoms with Crippen LogP contribution in [0, 0.1) is 0 Å². The van der Waals surface area contributed by atoms with Gasteiger partial charge < -0.3 is 29.4 Å². The predicted molar refractivity (Wildman–Crippen MR) is 110 cm³/mol. The molecular formula is C21H33N3O5. The highest BCUT2D eigenvalue weighted by Crippen LogP contribution is 2.28. The van der Waals surface area contributed by atoms with Gasteiger partial charge in [0.05, 0.1) is 32.4 Å². The molecular weight excluding hydrogens is 374 g/mol. The highest BCUT2D eigenvalue weighted by Gasteiger charge is 2.34. The highest BCUT2D eigenvalue weighted by molar-refractivity contribution is 5.94. The number of rotatable bonds is 7. The first-order chi connectivity index (χ1) is 13.6. The second kappa shape index (κ2) is 9.45. The van der Waals surface area contributed by atoms with Crippen LogP contribution in [-0.2, 0) is 22.4 Å². The lowest BCUT2D eigenvalue weighted by atomic mass is 9.97. The molecule has 1 aliphatic heterocycles. The van der Waals surface area contributed by atoms with Gasteiger partial charge in [-0.05, 0) is 39.7 Å². The number of hydrogen-bond acceptors (Lipinski definition) is 5. The van der Waals surface area contributed by atoms with Crippen LogP contribution in [0.4, 0.5) is 4.79 Å². The number of carbonyl (C=O) groups excluding carboxylic acids is 2. The van der Waals surface area contributed by atoms with Crippen LogP contribution in [0.3, 0.4) is 0 Å². The largest absolute Gasteiger partial charge is 0.444 e. The number of H-pyrrole nitrogens is 1. The number of aromatic amines is 1. The number of aliphatic hydroxyl groups excluding tert-OH is 1. The van der Waals surface area contributed by atoms with Crippen LogP contribution in [0.25, 0.3) is 0 Å². The van der Waals surface area contributed by atoms with Gasteiger partial charge in [-0.15, -0.1) is 6.58 Å². The van der Waals surface area contributed by atoms with Crippen LogP contribution in [0.1, 0.15) is 49.3 Å². The number of likely N-dealkylation sites (N-methyl/N-ethyl adjacent to an activating group) is 1. The molecule has 0 saturated carbocycles. The molecule has 0 aliphatic carbocycles. The molecule has 1 aliphatic rings. The molecule has 0 fully saturated rings. The van der Waals surface area contributed by atoms with E-state index in [0.29, 0.717) is 25.3 Å². The van der Waals surface area contributed by atoms with Crippen LogP contribution in [0.5, 0.6) is 0 Å². The molecule has 1 aromatic rings. The van der Waals surface area contributed by atoms with Gasteiger partial charge in [-0.3, -0.25) is 4.79 Å². The lowest BCUT2D eigenvalue weighted by molar-refractivity contribution is 0.0136. The van der Waals surface area contributed by atoms with Crippen LogP contribution >= 0.6 is 0 Å². The van der Waals surface area contributed by atoms with Crippen LogP contribution in [0.15, 0.2) is 18.9 Å². The molecule has 2 atom stereocenters. The standard InChI is InChI=1S/C21H33N3O5/c1-7-8-28-13-16(12-25)23(6)19(26)18-17-11-24(20(27)29-21(3,4)5)14(2)9-15(17)10-22-18/h7,10,14,16,22,25H,1,8-9,11-13H2,2-6H3/t14-,16+/m1/s1. The van der Waals surface area contributed by atoms with E-state index in [2.05, 4.69) is 11.6 Å². The zero-order valence-corrected chi connectivity index (χ0v) is 18.0. The van der Waals surface area contributed by atoms with Gasteiger partial charge in [0.1, 0.15) is 11.3 Å². The second-order valence-electron chi connectivity index (χ2n) is 8.41. The summed E-state index contributed by atoms with van der Waals surface area (Å²) in [6.07, 6.45) is 3.68. The molecule has 0 spiro atoms. The van der Waals surface area contributed by atoms with E-state index in [1.807, 2.05) is 33.9 Å². The van der Waals surface area contributed by atoms with E-state index >= 15 is 0 Å². The minimum absolute atomic E-state index is 0.0358. The third-order valence-electron chi connectivity index (χ3n) is 4.92. The van der Waals surface area contributed by atoms with E-state index in [4.69, 9.17) is 9.47 Å². The maximum absolute atomic E-state index is 13.1. The number of ether oxygens (including phenoxy) is 2. The molecule has 1 aromatic heterocycles. The third-order valence-corrected chi connectivity index (χ3v) is 4.92. The van der Waals surface area contributed by atoms with Crippen molar-refractivity contribution < 1.29 is 24.2 Å². The molecule has 162 valence electrons. The average Bonchev–Trinajstić information content (AvgIpc) is 3.04. The Bertz CT molecular complexity index is 737. The number of aromatic nitrogens is 1. The Morgan fingerprint density at radius 1 is 1.48 bits per heavy atom. The number of nitrogens with one attached hydrogen (secondary N) is 1. The smallest absolute Gasteiger partial charge is 0.410 e. The molecule has 0 radical (unpaired) electrons. The van der Waals surface area contributed by atoms with Gasteiger partial charge >= 0.3 is 6.09 Å². The zero-order valence-electron chi connectivity index (χ0n) is 18.0. The molecule has 0 unspecified atom stereocenters. The van der Waals surface area contributed by atoms with Crippen molar-refractivity contribution in [1.82, 2.24) is 14.8 Å². The van der Waals surface area contributed by atoms with Crippen molar-refractivity contribution in [2.45, 2.75) is 58.3 Å². The number of hydrogen-bond donors (Lipinski definition) is 2. The minimum Gasteiger partial charge on any atom is -0.444 e. The summed E-state index contributed by atoms with van der Waals surface area (Å²) in [4.78, 5) is 31.9. The molecule has 29 heavy (non-hydrogen) atoms. The summed E-state index contributed by atoms with van der Waals surface area (Å²) < 4.78 is 10.9. The first kappa shape index (κ1) is 23.0. The Morgan fingerprint density at radius 3 is 2.76 bits per heavy atom. The lowest BCUT2D eigenvalue weighted by Crippen LogP contribution is -2.46. The molecule has 2 amide bonds. The van der Waals surface area contributed by atoms with Gasteiger partial charge in [-0.2, -0.15) is 0 Å². The van der Waals surface area contributed by atoms with Crippen LogP contribution in [0.2, 0.25) is 0 Å². The molecule has 0 aromatic carbocycles. The van der Waals surface area contributed by atoms with Gasteiger partial charge in [0.25, 0.3) is 5.91 Å². The predicted octanol–water partition coefficient (Wildman–Crippen LogP) is 2.33. The minimum atomic E-state index is -0.589. The molecule has 0 saturated heterocycles. The number of carbonyl (C=O) groups is 2. The Labute approximate surface area is 172 Å². The summed E-state index contributed by atoms with van der Waals surface area (Å²) in [5.41, 5.74) is 1.63. The van der Waals surface area contributed by atoms with Crippen molar-refractivity contribution in [2.24, 2.45) is 0 Å². The summed E-state index contributed by atoms with van der Waals surface area (Å²) in [5.74, 6) is -0.258. The molecule has 8 heteroatoms. The first-order valence-electron chi connectivity index (χ1n) is 9.84.